The molecule has 1 fully saturated rings. The second kappa shape index (κ2) is 6.37. The number of carbonyl (C=O) groups excluding carboxylic acids is 2. The molecule has 6 heteroatoms. The Labute approximate surface area is 167 Å². The number of Topliss-reactive ketones (excluding diaryl/α,β-unsaturated/α-hetero) is 1. The first kappa shape index (κ1) is 20.4. The predicted molar refractivity (Wildman–Crippen MR) is 107 cm³/mol. The van der Waals surface area contributed by atoms with Crippen molar-refractivity contribution >= 4 is 17.6 Å². The summed E-state index contributed by atoms with van der Waals surface area (Å²) in [6.07, 6.45) is 2.99. The van der Waals surface area contributed by atoms with E-state index in [2.05, 4.69) is 46.0 Å². The Hall–Kier alpha value is -2.29. The van der Waals surface area contributed by atoms with Crippen LogP contribution in [0.25, 0.3) is 0 Å². The topological polar surface area (TPSA) is 84.1 Å². The number of hydrogen-bond acceptors (Lipinski definition) is 5. The Kier molecular flexibility index (Phi) is 4.65. The Morgan fingerprint density at radius 3 is 2.57 bits per heavy atom. The number of nitrogens with one attached hydrogen (secondary N) is 1. The van der Waals surface area contributed by atoms with Crippen molar-refractivity contribution in [2.45, 2.75) is 78.3 Å². The van der Waals surface area contributed by atoms with Crippen molar-refractivity contribution in [2.24, 2.45) is 11.3 Å². The minimum atomic E-state index is -1.18. The first-order valence-electron chi connectivity index (χ1n) is 9.99. The summed E-state index contributed by atoms with van der Waals surface area (Å²) >= 11 is 0. The zero-order valence-electron chi connectivity index (χ0n) is 18.0. The normalized spacial score (nSPS) is 28.6. The Morgan fingerprint density at radius 1 is 1.39 bits per heavy atom. The standard InChI is InChI=1S/C22H31N3O3/c1-8-28-19(27)22(7)16-13(11-23)12-25(20(2,3)4)18(16)24-14-9-21(5,6)10-15(26)17(14)22/h12,14,17,24H,8-10H2,1-7H3/t14-,17-,22+/m0/s1. The summed E-state index contributed by atoms with van der Waals surface area (Å²) in [5.41, 5.74) is -0.601. The maximum Gasteiger partial charge on any atom is 0.317 e. The second-order valence-electron chi connectivity index (χ2n) is 10.1. The molecule has 3 atom stereocenters. The van der Waals surface area contributed by atoms with E-state index in [1.807, 2.05) is 4.57 Å². The molecule has 0 saturated heterocycles. The number of ketones is 1. The molecule has 1 N–H and O–H groups in total. The van der Waals surface area contributed by atoms with Crippen LogP contribution in [0.2, 0.25) is 0 Å². The van der Waals surface area contributed by atoms with Crippen LogP contribution in [0.5, 0.6) is 0 Å². The molecule has 0 aromatic carbocycles. The minimum absolute atomic E-state index is 0.0577. The van der Waals surface area contributed by atoms with Crippen molar-refractivity contribution in [3.05, 3.63) is 17.3 Å². The van der Waals surface area contributed by atoms with Crippen LogP contribution >= 0.6 is 0 Å². The summed E-state index contributed by atoms with van der Waals surface area (Å²) in [6.45, 7) is 14.1. The number of nitrogens with zero attached hydrogens (tertiary/aromatic N) is 2. The monoisotopic (exact) mass is 385 g/mol. The summed E-state index contributed by atoms with van der Waals surface area (Å²) in [5.74, 6) is -0.160. The number of rotatable bonds is 2. The van der Waals surface area contributed by atoms with E-state index < -0.39 is 17.3 Å². The number of esters is 1. The van der Waals surface area contributed by atoms with E-state index in [0.717, 1.165) is 12.2 Å². The van der Waals surface area contributed by atoms with E-state index in [1.54, 1.807) is 20.0 Å². The van der Waals surface area contributed by atoms with Gasteiger partial charge in [-0.05, 0) is 46.5 Å². The molecule has 2 aliphatic rings. The molecule has 0 amide bonds. The predicted octanol–water partition coefficient (Wildman–Crippen LogP) is 3.73. The first-order valence-corrected chi connectivity index (χ1v) is 9.99. The van der Waals surface area contributed by atoms with Gasteiger partial charge >= 0.3 is 5.97 Å². The molecular weight excluding hydrogens is 354 g/mol. The number of nitriles is 1. The summed E-state index contributed by atoms with van der Waals surface area (Å²) in [6, 6.07) is 2.07. The molecule has 6 nitrogen and oxygen atoms in total. The van der Waals surface area contributed by atoms with Gasteiger partial charge in [0.25, 0.3) is 0 Å². The molecule has 3 rings (SSSR count). The Morgan fingerprint density at radius 2 is 2.04 bits per heavy atom. The van der Waals surface area contributed by atoms with Crippen LogP contribution in [0.4, 0.5) is 5.82 Å². The number of ether oxygens (including phenoxy) is 1. The van der Waals surface area contributed by atoms with Crippen LogP contribution in [0.3, 0.4) is 0 Å². The third kappa shape index (κ3) is 2.92. The Bertz CT molecular complexity index is 869. The van der Waals surface area contributed by atoms with Gasteiger partial charge in [0.1, 0.15) is 23.1 Å². The zero-order chi connectivity index (χ0) is 21.1. The molecular formula is C22H31N3O3. The first-order chi connectivity index (χ1) is 12.9. The average molecular weight is 386 g/mol. The van der Waals surface area contributed by atoms with E-state index >= 15 is 0 Å². The van der Waals surface area contributed by atoms with E-state index in [0.29, 0.717) is 17.5 Å². The fourth-order valence-corrected chi connectivity index (χ4v) is 5.08. The molecule has 1 aliphatic heterocycles. The van der Waals surface area contributed by atoms with Crippen molar-refractivity contribution in [1.29, 1.82) is 5.26 Å². The van der Waals surface area contributed by atoms with Crippen molar-refractivity contribution in [3.63, 3.8) is 0 Å². The number of hydrogen-bond donors (Lipinski definition) is 1. The summed E-state index contributed by atoms with van der Waals surface area (Å²) < 4.78 is 7.46. The van der Waals surface area contributed by atoms with Gasteiger partial charge in [0.15, 0.2) is 0 Å². The van der Waals surface area contributed by atoms with Crippen LogP contribution < -0.4 is 5.32 Å². The highest BCUT2D eigenvalue weighted by atomic mass is 16.5. The lowest BCUT2D eigenvalue weighted by Crippen LogP contribution is -2.59. The van der Waals surface area contributed by atoms with Gasteiger partial charge in [0.2, 0.25) is 0 Å². The Balaban J connectivity index is 2.31. The van der Waals surface area contributed by atoms with E-state index in [9.17, 15) is 14.9 Å². The van der Waals surface area contributed by atoms with Gasteiger partial charge < -0.3 is 14.6 Å². The van der Waals surface area contributed by atoms with Crippen LogP contribution in [-0.2, 0) is 25.3 Å². The molecule has 0 spiro atoms. The second-order valence-corrected chi connectivity index (χ2v) is 10.1. The number of aromatic nitrogens is 1. The maximum atomic E-state index is 13.3. The summed E-state index contributed by atoms with van der Waals surface area (Å²) in [7, 11) is 0. The number of fused-ring (bicyclic) bond motifs is 2. The van der Waals surface area contributed by atoms with Gasteiger partial charge in [-0.25, -0.2) is 0 Å². The smallest absolute Gasteiger partial charge is 0.317 e. The average Bonchev–Trinajstić information content (AvgIpc) is 2.92. The van der Waals surface area contributed by atoms with Gasteiger partial charge in [0.05, 0.1) is 18.1 Å². The van der Waals surface area contributed by atoms with Crippen molar-refractivity contribution in [1.82, 2.24) is 4.57 Å². The van der Waals surface area contributed by atoms with Crippen LogP contribution in [0, 0.1) is 22.7 Å². The molecule has 0 unspecified atom stereocenters. The SMILES string of the molecule is CCOC(=O)[C@]1(C)c2c(C#N)cn(C(C)(C)C)c2N[C@H]2CC(C)(C)CC(=O)[C@H]21. The highest BCUT2D eigenvalue weighted by Crippen LogP contribution is 2.53. The van der Waals surface area contributed by atoms with E-state index in [-0.39, 0.29) is 29.4 Å². The fourth-order valence-electron chi connectivity index (χ4n) is 5.08. The maximum absolute atomic E-state index is 13.3. The van der Waals surface area contributed by atoms with E-state index in [4.69, 9.17) is 4.74 Å². The summed E-state index contributed by atoms with van der Waals surface area (Å²) in [5, 5.41) is 13.4. The quantitative estimate of drug-likeness (QED) is 0.784. The van der Waals surface area contributed by atoms with Crippen LogP contribution in [0.15, 0.2) is 6.20 Å². The van der Waals surface area contributed by atoms with Gasteiger partial charge in [-0.1, -0.05) is 13.8 Å². The number of carbonyl (C=O) groups is 2. The van der Waals surface area contributed by atoms with E-state index in [1.165, 1.54) is 0 Å². The molecule has 0 bridgehead atoms. The fraction of sp³-hybridized carbons (Fsp3) is 0.682. The molecule has 1 aromatic rings. The van der Waals surface area contributed by atoms with Gasteiger partial charge in [0, 0.05) is 29.8 Å². The van der Waals surface area contributed by atoms with Crippen LogP contribution in [0.1, 0.15) is 72.4 Å². The lowest BCUT2D eigenvalue weighted by atomic mass is 9.57. The number of anilines is 1. The zero-order valence-corrected chi connectivity index (χ0v) is 18.0. The lowest BCUT2D eigenvalue weighted by Gasteiger charge is -2.50. The van der Waals surface area contributed by atoms with Gasteiger partial charge in [-0.3, -0.25) is 9.59 Å². The highest BCUT2D eigenvalue weighted by molar-refractivity contribution is 5.97. The van der Waals surface area contributed by atoms with Crippen LogP contribution in [-0.4, -0.2) is 29.0 Å². The van der Waals surface area contributed by atoms with Gasteiger partial charge in [-0.2, -0.15) is 5.26 Å². The van der Waals surface area contributed by atoms with Crippen molar-refractivity contribution in [2.75, 3.05) is 11.9 Å². The lowest BCUT2D eigenvalue weighted by molar-refractivity contribution is -0.157. The third-order valence-corrected chi connectivity index (χ3v) is 6.19. The molecule has 28 heavy (non-hydrogen) atoms. The van der Waals surface area contributed by atoms with Crippen molar-refractivity contribution in [3.8, 4) is 6.07 Å². The third-order valence-electron chi connectivity index (χ3n) is 6.19. The molecule has 0 radical (unpaired) electrons. The highest BCUT2D eigenvalue weighted by Gasteiger charge is 2.60. The van der Waals surface area contributed by atoms with Crippen molar-refractivity contribution < 1.29 is 14.3 Å². The molecule has 1 saturated carbocycles. The largest absolute Gasteiger partial charge is 0.465 e. The molecule has 152 valence electrons. The summed E-state index contributed by atoms with van der Waals surface area (Å²) in [4.78, 5) is 26.5. The molecule has 1 aromatic heterocycles. The van der Waals surface area contributed by atoms with Gasteiger partial charge in [-0.15, -0.1) is 0 Å². The molecule has 1 aliphatic carbocycles. The minimum Gasteiger partial charge on any atom is -0.465 e. The molecule has 2 heterocycles.